The van der Waals surface area contributed by atoms with E-state index >= 15 is 0 Å². The van der Waals surface area contributed by atoms with Crippen molar-refractivity contribution >= 4 is 29.1 Å². The number of likely N-dealkylation sites (tertiary alicyclic amines) is 1. The molecule has 0 radical (unpaired) electrons. The largest absolute Gasteiger partial charge is 0.507 e. The number of ketones is 1. The van der Waals surface area contributed by atoms with Crippen molar-refractivity contribution in [3.8, 4) is 5.75 Å². The van der Waals surface area contributed by atoms with E-state index < -0.39 is 17.7 Å². The Balaban J connectivity index is 1.91. The molecule has 2 aliphatic rings. The third kappa shape index (κ3) is 3.38. The topological polar surface area (TPSA) is 79.7 Å². The van der Waals surface area contributed by atoms with Crippen molar-refractivity contribution in [3.05, 3.63) is 64.4 Å². The molecule has 6 nitrogen and oxygen atoms in total. The molecule has 1 aliphatic carbocycles. The van der Waals surface area contributed by atoms with Gasteiger partial charge in [-0.15, -0.1) is 0 Å². The van der Waals surface area contributed by atoms with Crippen LogP contribution in [0, 0.1) is 0 Å². The molecule has 29 heavy (non-hydrogen) atoms. The van der Waals surface area contributed by atoms with E-state index in [4.69, 9.17) is 16.3 Å². The van der Waals surface area contributed by atoms with Gasteiger partial charge in [0.15, 0.2) is 0 Å². The number of benzene rings is 1. The molecule has 1 aromatic heterocycles. The highest BCUT2D eigenvalue weighted by atomic mass is 35.5. The zero-order chi connectivity index (χ0) is 20.5. The van der Waals surface area contributed by atoms with Crippen molar-refractivity contribution in [2.45, 2.75) is 37.8 Å². The number of Topliss-reactive ketones (excluding diaryl/α,β-unsaturated/α-hetero) is 1. The highest BCUT2D eigenvalue weighted by Gasteiger charge is 2.49. The number of methoxy groups -OCH3 is 1. The van der Waals surface area contributed by atoms with Gasteiger partial charge in [0.2, 0.25) is 0 Å². The maximum Gasteiger partial charge on any atom is 0.295 e. The summed E-state index contributed by atoms with van der Waals surface area (Å²) >= 11 is 6.29. The number of rotatable bonds is 4. The lowest BCUT2D eigenvalue weighted by Gasteiger charge is -2.30. The van der Waals surface area contributed by atoms with Gasteiger partial charge in [0.25, 0.3) is 11.7 Å². The normalized spacial score (nSPS) is 21.7. The maximum atomic E-state index is 13.0. The zero-order valence-electron chi connectivity index (χ0n) is 16.0. The molecule has 0 spiro atoms. The highest BCUT2D eigenvalue weighted by molar-refractivity contribution is 6.47. The minimum atomic E-state index is -0.749. The molecule has 1 aliphatic heterocycles. The summed E-state index contributed by atoms with van der Waals surface area (Å²) in [6, 6.07) is 9.32. The number of ether oxygens (including phenoxy) is 1. The Labute approximate surface area is 173 Å². The summed E-state index contributed by atoms with van der Waals surface area (Å²) in [6.45, 7) is 0. The summed E-state index contributed by atoms with van der Waals surface area (Å²) in [5.74, 6) is -1.16. The Bertz CT molecular complexity index is 984. The molecule has 2 heterocycles. The molecule has 2 aromatic rings. The Morgan fingerprint density at radius 3 is 2.62 bits per heavy atom. The third-order valence-electron chi connectivity index (χ3n) is 5.59. The van der Waals surface area contributed by atoms with Gasteiger partial charge in [0, 0.05) is 17.8 Å². The van der Waals surface area contributed by atoms with E-state index in [2.05, 4.69) is 4.98 Å². The first-order valence-corrected chi connectivity index (χ1v) is 9.95. The average molecular weight is 413 g/mol. The van der Waals surface area contributed by atoms with Crippen LogP contribution in [0.15, 0.2) is 48.2 Å². The zero-order valence-corrected chi connectivity index (χ0v) is 16.7. The van der Waals surface area contributed by atoms with E-state index in [0.717, 1.165) is 25.7 Å². The van der Waals surface area contributed by atoms with Gasteiger partial charge in [0.1, 0.15) is 17.6 Å². The lowest BCUT2D eigenvalue weighted by Crippen LogP contribution is -2.37. The number of aliphatic hydroxyl groups is 1. The van der Waals surface area contributed by atoms with Crippen molar-refractivity contribution in [1.82, 2.24) is 9.88 Å². The van der Waals surface area contributed by atoms with Gasteiger partial charge in [-0.2, -0.15) is 0 Å². The molecule has 1 saturated carbocycles. The summed E-state index contributed by atoms with van der Waals surface area (Å²) in [5.41, 5.74) is 0.797. The first kappa shape index (κ1) is 19.5. The number of aliphatic hydroxyl groups excluding tert-OH is 1. The first-order chi connectivity index (χ1) is 14.0. The van der Waals surface area contributed by atoms with Gasteiger partial charge in [-0.3, -0.25) is 14.6 Å². The van der Waals surface area contributed by atoms with E-state index in [1.54, 1.807) is 47.5 Å². The monoisotopic (exact) mass is 412 g/mol. The maximum absolute atomic E-state index is 13.0. The lowest BCUT2D eigenvalue weighted by molar-refractivity contribution is -0.141. The Hall–Kier alpha value is -2.86. The van der Waals surface area contributed by atoms with Gasteiger partial charge in [-0.1, -0.05) is 30.5 Å². The van der Waals surface area contributed by atoms with Crippen LogP contribution in [-0.4, -0.2) is 39.8 Å². The summed E-state index contributed by atoms with van der Waals surface area (Å²) in [6.07, 6.45) is 5.28. The van der Waals surface area contributed by atoms with E-state index in [0.29, 0.717) is 11.4 Å². The van der Waals surface area contributed by atoms with Crippen LogP contribution < -0.4 is 4.74 Å². The number of aromatic nitrogens is 1. The molecule has 1 saturated heterocycles. The van der Waals surface area contributed by atoms with Crippen LogP contribution in [-0.2, 0) is 9.59 Å². The van der Waals surface area contributed by atoms with Gasteiger partial charge < -0.3 is 14.7 Å². The fourth-order valence-corrected chi connectivity index (χ4v) is 4.40. The minimum Gasteiger partial charge on any atom is -0.507 e. The van der Waals surface area contributed by atoms with E-state index in [-0.39, 0.29) is 28.0 Å². The van der Waals surface area contributed by atoms with E-state index in [9.17, 15) is 14.7 Å². The molecule has 1 amide bonds. The summed E-state index contributed by atoms with van der Waals surface area (Å²) in [5, 5.41) is 11.4. The molecule has 2 fully saturated rings. The number of carbonyl (C=O) groups excluding carboxylic acids is 2. The summed E-state index contributed by atoms with van der Waals surface area (Å²) in [4.78, 5) is 32.0. The van der Waals surface area contributed by atoms with Crippen LogP contribution in [0.3, 0.4) is 0 Å². The van der Waals surface area contributed by atoms with Gasteiger partial charge >= 0.3 is 0 Å². The van der Waals surface area contributed by atoms with Crippen molar-refractivity contribution in [2.75, 3.05) is 7.11 Å². The van der Waals surface area contributed by atoms with Crippen molar-refractivity contribution < 1.29 is 19.4 Å². The number of hydrogen-bond donors (Lipinski definition) is 1. The summed E-state index contributed by atoms with van der Waals surface area (Å²) in [7, 11) is 1.50. The molecule has 150 valence electrons. The number of halogens is 1. The van der Waals surface area contributed by atoms with Gasteiger partial charge in [0.05, 0.1) is 23.4 Å². The molecule has 0 bridgehead atoms. The predicted molar refractivity (Wildman–Crippen MR) is 109 cm³/mol. The van der Waals surface area contributed by atoms with Crippen LogP contribution in [0.2, 0.25) is 5.02 Å². The number of nitrogens with zero attached hydrogens (tertiary/aromatic N) is 2. The molecule has 7 heteroatoms. The Morgan fingerprint density at radius 1 is 1.21 bits per heavy atom. The predicted octanol–water partition coefficient (Wildman–Crippen LogP) is 4.11. The standard InChI is InChI=1S/C22H21ClN2O4/c1-29-14-9-10-16(23)15(12-14)20(26)18-19(17-8-4-5-11-24-17)25(22(28)21(18)27)13-6-2-3-7-13/h4-5,8-13,19,26H,2-3,6-7H2,1H3/b20-18+. The van der Waals surface area contributed by atoms with Crippen LogP contribution in [0.4, 0.5) is 0 Å². The fourth-order valence-electron chi connectivity index (χ4n) is 4.20. The second-order valence-electron chi connectivity index (χ2n) is 7.25. The molecule has 4 rings (SSSR count). The van der Waals surface area contributed by atoms with Crippen LogP contribution in [0.5, 0.6) is 5.75 Å². The molecule has 1 atom stereocenters. The van der Waals surface area contributed by atoms with Gasteiger partial charge in [-0.05, 0) is 43.2 Å². The minimum absolute atomic E-state index is 0.00996. The van der Waals surface area contributed by atoms with Crippen molar-refractivity contribution in [3.63, 3.8) is 0 Å². The second-order valence-corrected chi connectivity index (χ2v) is 7.65. The number of pyridine rings is 1. The van der Waals surface area contributed by atoms with E-state index in [1.807, 2.05) is 0 Å². The highest BCUT2D eigenvalue weighted by Crippen LogP contribution is 2.43. The SMILES string of the molecule is COc1ccc(Cl)c(/C(O)=C2\C(=O)C(=O)N(C3CCCC3)C2c2ccccn2)c1. The number of amides is 1. The Morgan fingerprint density at radius 2 is 1.97 bits per heavy atom. The fraction of sp³-hybridized carbons (Fsp3) is 0.318. The molecule has 1 aromatic carbocycles. The third-order valence-corrected chi connectivity index (χ3v) is 5.92. The smallest absolute Gasteiger partial charge is 0.295 e. The van der Waals surface area contributed by atoms with Crippen LogP contribution >= 0.6 is 11.6 Å². The molecular formula is C22H21ClN2O4. The quantitative estimate of drug-likeness (QED) is 0.464. The number of carbonyl (C=O) groups is 2. The van der Waals surface area contributed by atoms with Crippen molar-refractivity contribution in [2.24, 2.45) is 0 Å². The lowest BCUT2D eigenvalue weighted by atomic mass is 9.97. The first-order valence-electron chi connectivity index (χ1n) is 9.58. The summed E-state index contributed by atoms with van der Waals surface area (Å²) < 4.78 is 5.22. The molecule has 1 unspecified atom stereocenters. The molecular weight excluding hydrogens is 392 g/mol. The van der Waals surface area contributed by atoms with Crippen LogP contribution in [0.25, 0.3) is 5.76 Å². The van der Waals surface area contributed by atoms with Crippen molar-refractivity contribution in [1.29, 1.82) is 0 Å². The average Bonchev–Trinajstić information content (AvgIpc) is 3.35. The number of hydrogen-bond acceptors (Lipinski definition) is 5. The van der Waals surface area contributed by atoms with Gasteiger partial charge in [-0.25, -0.2) is 0 Å². The molecule has 1 N–H and O–H groups in total. The second kappa shape index (κ2) is 7.87. The van der Waals surface area contributed by atoms with E-state index in [1.165, 1.54) is 7.11 Å². The van der Waals surface area contributed by atoms with Crippen LogP contribution in [0.1, 0.15) is 43.0 Å². The Kier molecular flexibility index (Phi) is 5.28.